The van der Waals surface area contributed by atoms with E-state index >= 15 is 0 Å². The van der Waals surface area contributed by atoms with E-state index in [9.17, 15) is 0 Å². The molecule has 24 heavy (non-hydrogen) atoms. The predicted molar refractivity (Wildman–Crippen MR) is 93.3 cm³/mol. The minimum absolute atomic E-state index is 0.639. The number of benzene rings is 1. The van der Waals surface area contributed by atoms with E-state index in [0.29, 0.717) is 6.61 Å². The van der Waals surface area contributed by atoms with Crippen LogP contribution in [0.15, 0.2) is 42.7 Å². The number of imidazole rings is 1. The molecule has 0 bridgehead atoms. The molecule has 126 valence electrons. The Balaban J connectivity index is 1.59. The van der Waals surface area contributed by atoms with Crippen LogP contribution in [0.5, 0.6) is 17.2 Å². The summed E-state index contributed by atoms with van der Waals surface area (Å²) in [7, 11) is 3.29. The Kier molecular flexibility index (Phi) is 4.89. The second-order valence-electron chi connectivity index (χ2n) is 5.63. The fourth-order valence-electron chi connectivity index (χ4n) is 2.72. The first-order valence-electron chi connectivity index (χ1n) is 7.99. The molecular formula is C19H22N2O3. The lowest BCUT2D eigenvalue weighted by atomic mass is 10.1. The molecule has 0 aliphatic carbocycles. The van der Waals surface area contributed by atoms with Gasteiger partial charge in [0.15, 0.2) is 22.9 Å². The van der Waals surface area contributed by atoms with Gasteiger partial charge in [-0.15, -0.1) is 0 Å². The molecule has 2 heterocycles. The van der Waals surface area contributed by atoms with Crippen LogP contribution in [-0.2, 0) is 6.42 Å². The fourth-order valence-corrected chi connectivity index (χ4v) is 2.72. The van der Waals surface area contributed by atoms with Crippen molar-refractivity contribution in [2.24, 2.45) is 0 Å². The number of ether oxygens (including phenoxy) is 3. The van der Waals surface area contributed by atoms with E-state index in [-0.39, 0.29) is 0 Å². The molecule has 3 aromatic rings. The van der Waals surface area contributed by atoms with Crippen molar-refractivity contribution in [1.82, 2.24) is 9.38 Å². The van der Waals surface area contributed by atoms with E-state index < -0.39 is 0 Å². The van der Waals surface area contributed by atoms with E-state index in [1.54, 1.807) is 14.2 Å². The monoisotopic (exact) mass is 326 g/mol. The van der Waals surface area contributed by atoms with Crippen molar-refractivity contribution in [3.63, 3.8) is 0 Å². The molecule has 2 aromatic heterocycles. The summed E-state index contributed by atoms with van der Waals surface area (Å²) < 4.78 is 18.5. The highest BCUT2D eigenvalue weighted by Crippen LogP contribution is 2.28. The van der Waals surface area contributed by atoms with Gasteiger partial charge < -0.3 is 18.6 Å². The summed E-state index contributed by atoms with van der Waals surface area (Å²) in [6, 6.07) is 9.93. The van der Waals surface area contributed by atoms with Crippen molar-refractivity contribution in [3.8, 4) is 17.2 Å². The maximum absolute atomic E-state index is 5.92. The van der Waals surface area contributed by atoms with Gasteiger partial charge in [-0.2, -0.15) is 0 Å². The molecule has 3 rings (SSSR count). The van der Waals surface area contributed by atoms with Gasteiger partial charge in [0, 0.05) is 12.4 Å². The molecular weight excluding hydrogens is 304 g/mol. The molecule has 0 aliphatic rings. The Morgan fingerprint density at radius 2 is 1.88 bits per heavy atom. The van der Waals surface area contributed by atoms with Crippen molar-refractivity contribution in [3.05, 3.63) is 54.0 Å². The van der Waals surface area contributed by atoms with Crippen molar-refractivity contribution < 1.29 is 14.2 Å². The summed E-state index contributed by atoms with van der Waals surface area (Å²) in [5.74, 6) is 2.32. The highest BCUT2D eigenvalue weighted by atomic mass is 16.5. The van der Waals surface area contributed by atoms with Crippen LogP contribution in [0.4, 0.5) is 0 Å². The van der Waals surface area contributed by atoms with Crippen LogP contribution in [0.3, 0.4) is 0 Å². The smallest absolute Gasteiger partial charge is 0.179 e. The molecule has 0 aliphatic heterocycles. The van der Waals surface area contributed by atoms with Crippen molar-refractivity contribution in [2.75, 3.05) is 20.8 Å². The average Bonchev–Trinajstić information content (AvgIpc) is 2.99. The first-order valence-corrected chi connectivity index (χ1v) is 7.99. The van der Waals surface area contributed by atoms with Gasteiger partial charge in [0.25, 0.3) is 0 Å². The van der Waals surface area contributed by atoms with E-state index in [2.05, 4.69) is 11.1 Å². The summed E-state index contributed by atoms with van der Waals surface area (Å²) >= 11 is 0. The maximum Gasteiger partial charge on any atom is 0.179 e. The second-order valence-corrected chi connectivity index (χ2v) is 5.63. The number of aromatic nitrogens is 2. The number of rotatable bonds is 7. The van der Waals surface area contributed by atoms with E-state index in [0.717, 1.165) is 41.4 Å². The van der Waals surface area contributed by atoms with Crippen molar-refractivity contribution in [1.29, 1.82) is 0 Å². The van der Waals surface area contributed by atoms with E-state index in [4.69, 9.17) is 14.2 Å². The third-order valence-corrected chi connectivity index (χ3v) is 3.88. The molecule has 0 fully saturated rings. The van der Waals surface area contributed by atoms with Crippen LogP contribution in [0, 0.1) is 6.92 Å². The standard InChI is InChI=1S/C19H22N2O3/c1-14-13-21-10-4-7-17(19(21)20-14)24-11-5-6-15-8-9-16(22-2)18(12-15)23-3/h4,7-10,12-13H,5-6,11H2,1-3H3. The molecule has 0 saturated carbocycles. The van der Waals surface area contributed by atoms with Gasteiger partial charge >= 0.3 is 0 Å². The molecule has 0 unspecified atom stereocenters. The molecule has 0 amide bonds. The zero-order valence-electron chi connectivity index (χ0n) is 14.3. The zero-order valence-corrected chi connectivity index (χ0v) is 14.3. The number of nitrogens with zero attached hydrogens (tertiary/aromatic N) is 2. The highest BCUT2D eigenvalue weighted by Gasteiger charge is 2.06. The van der Waals surface area contributed by atoms with Gasteiger partial charge in [-0.25, -0.2) is 4.98 Å². The lowest BCUT2D eigenvalue weighted by Gasteiger charge is -2.10. The Bertz CT molecular complexity index is 827. The Labute approximate surface area is 141 Å². The number of methoxy groups -OCH3 is 2. The molecule has 0 saturated heterocycles. The number of fused-ring (bicyclic) bond motifs is 1. The molecule has 5 heteroatoms. The Morgan fingerprint density at radius 1 is 1.04 bits per heavy atom. The van der Waals surface area contributed by atoms with Crippen LogP contribution in [-0.4, -0.2) is 30.2 Å². The third-order valence-electron chi connectivity index (χ3n) is 3.88. The van der Waals surface area contributed by atoms with Gasteiger partial charge in [-0.05, 0) is 49.6 Å². The Morgan fingerprint density at radius 3 is 2.67 bits per heavy atom. The highest BCUT2D eigenvalue weighted by molar-refractivity contribution is 5.54. The molecule has 0 spiro atoms. The van der Waals surface area contributed by atoms with Crippen molar-refractivity contribution >= 4 is 5.65 Å². The lowest BCUT2D eigenvalue weighted by molar-refractivity contribution is 0.312. The summed E-state index contributed by atoms with van der Waals surface area (Å²) in [5, 5.41) is 0. The summed E-state index contributed by atoms with van der Waals surface area (Å²) in [5.41, 5.74) is 3.05. The second kappa shape index (κ2) is 7.25. The number of pyridine rings is 1. The van der Waals surface area contributed by atoms with E-state index in [1.165, 1.54) is 5.56 Å². The topological polar surface area (TPSA) is 45.0 Å². The summed E-state index contributed by atoms with van der Waals surface area (Å²) in [4.78, 5) is 4.50. The third kappa shape index (κ3) is 3.45. The first-order chi connectivity index (χ1) is 11.7. The van der Waals surface area contributed by atoms with Crippen LogP contribution >= 0.6 is 0 Å². The average molecular weight is 326 g/mol. The van der Waals surface area contributed by atoms with Crippen LogP contribution in [0.25, 0.3) is 5.65 Å². The summed E-state index contributed by atoms with van der Waals surface area (Å²) in [6.07, 6.45) is 5.80. The number of hydrogen-bond acceptors (Lipinski definition) is 4. The minimum Gasteiger partial charge on any atom is -0.493 e. The number of hydrogen-bond donors (Lipinski definition) is 0. The quantitative estimate of drug-likeness (QED) is 0.621. The number of aryl methyl sites for hydroxylation is 2. The van der Waals surface area contributed by atoms with Gasteiger partial charge in [-0.3, -0.25) is 0 Å². The largest absolute Gasteiger partial charge is 0.493 e. The van der Waals surface area contributed by atoms with Gasteiger partial charge in [0.1, 0.15) is 0 Å². The van der Waals surface area contributed by atoms with Gasteiger partial charge in [-0.1, -0.05) is 6.07 Å². The lowest BCUT2D eigenvalue weighted by Crippen LogP contribution is -2.01. The minimum atomic E-state index is 0.639. The van der Waals surface area contributed by atoms with E-state index in [1.807, 2.05) is 48.0 Å². The SMILES string of the molecule is COc1ccc(CCCOc2cccn3cc(C)nc23)cc1OC. The molecule has 0 atom stereocenters. The Hall–Kier alpha value is -2.69. The molecule has 1 aromatic carbocycles. The molecule has 0 radical (unpaired) electrons. The van der Waals surface area contributed by atoms with Gasteiger partial charge in [0.05, 0.1) is 26.5 Å². The van der Waals surface area contributed by atoms with Crippen LogP contribution in [0.2, 0.25) is 0 Å². The maximum atomic E-state index is 5.92. The first kappa shape index (κ1) is 16.2. The van der Waals surface area contributed by atoms with Crippen LogP contribution in [0.1, 0.15) is 17.7 Å². The predicted octanol–water partition coefficient (Wildman–Crippen LogP) is 3.67. The van der Waals surface area contributed by atoms with Crippen LogP contribution < -0.4 is 14.2 Å². The fraction of sp³-hybridized carbons (Fsp3) is 0.316. The molecule has 5 nitrogen and oxygen atoms in total. The van der Waals surface area contributed by atoms with Crippen molar-refractivity contribution in [2.45, 2.75) is 19.8 Å². The normalized spacial score (nSPS) is 10.8. The molecule has 0 N–H and O–H groups in total. The summed E-state index contributed by atoms with van der Waals surface area (Å²) in [6.45, 7) is 2.62. The zero-order chi connectivity index (χ0) is 16.9. The van der Waals surface area contributed by atoms with Gasteiger partial charge in [0.2, 0.25) is 0 Å².